The standard InChI is InChI=1S/C27H29N7O8/c28-18-14-16(4-5-20(18)34(40)41)32-10-8-31(9-11-32)12-13-42-15-23(36)29-19-3-1-2-17-24(19)27(39)33(26(17)38)21-6-7-22(35)30-25(21)37/h1-5,14,21H,6-13,15,28H2,(H,29,36)(H,30,35,37). The summed E-state index contributed by atoms with van der Waals surface area (Å²) in [5.74, 6) is -3.05. The second kappa shape index (κ2) is 11.9. The van der Waals surface area contributed by atoms with E-state index < -0.39 is 40.5 Å². The van der Waals surface area contributed by atoms with Crippen LogP contribution in [0.4, 0.5) is 22.7 Å². The molecule has 2 aromatic rings. The van der Waals surface area contributed by atoms with Crippen molar-refractivity contribution in [3.05, 3.63) is 57.6 Å². The number of benzene rings is 2. The molecule has 1 atom stereocenters. The van der Waals surface area contributed by atoms with Crippen molar-refractivity contribution in [3.8, 4) is 0 Å². The Morgan fingerprint density at radius 3 is 2.55 bits per heavy atom. The molecule has 3 aliphatic rings. The highest BCUT2D eigenvalue weighted by atomic mass is 16.6. The summed E-state index contributed by atoms with van der Waals surface area (Å²) in [7, 11) is 0. The molecule has 2 saturated heterocycles. The number of nitro groups is 1. The molecule has 220 valence electrons. The lowest BCUT2D eigenvalue weighted by atomic mass is 10.0. The number of nitrogen functional groups attached to an aromatic ring is 1. The third-order valence-electron chi connectivity index (χ3n) is 7.47. The fourth-order valence-electron chi connectivity index (χ4n) is 5.30. The van der Waals surface area contributed by atoms with Gasteiger partial charge in [0.05, 0.1) is 28.3 Å². The van der Waals surface area contributed by atoms with Crippen LogP contribution in [-0.4, -0.2) is 96.2 Å². The lowest BCUT2D eigenvalue weighted by Crippen LogP contribution is -2.54. The molecule has 5 rings (SSSR count). The highest BCUT2D eigenvalue weighted by Gasteiger charge is 2.45. The molecule has 15 nitrogen and oxygen atoms in total. The minimum atomic E-state index is -1.10. The first kappa shape index (κ1) is 28.6. The van der Waals surface area contributed by atoms with E-state index in [9.17, 15) is 34.1 Å². The molecule has 1 unspecified atom stereocenters. The van der Waals surface area contributed by atoms with Crippen LogP contribution in [0.5, 0.6) is 0 Å². The second-order valence-electron chi connectivity index (χ2n) is 10.1. The van der Waals surface area contributed by atoms with Crippen molar-refractivity contribution < 1.29 is 33.6 Å². The van der Waals surface area contributed by atoms with Gasteiger partial charge in [0.25, 0.3) is 17.5 Å². The Morgan fingerprint density at radius 1 is 1.10 bits per heavy atom. The van der Waals surface area contributed by atoms with E-state index in [-0.39, 0.29) is 54.2 Å². The molecule has 2 aromatic carbocycles. The number of nitrogens with one attached hydrogen (secondary N) is 2. The summed E-state index contributed by atoms with van der Waals surface area (Å²) in [5.41, 5.74) is 6.83. The van der Waals surface area contributed by atoms with Crippen LogP contribution in [-0.2, 0) is 19.1 Å². The molecule has 0 radical (unpaired) electrons. The maximum atomic E-state index is 13.2. The van der Waals surface area contributed by atoms with Gasteiger partial charge in [-0.25, -0.2) is 0 Å². The molecule has 0 aromatic heterocycles. The normalized spacial score (nSPS) is 19.1. The zero-order chi connectivity index (χ0) is 30.0. The SMILES string of the molecule is Nc1cc(N2CCN(CCOCC(=O)Nc3cccc4c3C(=O)N(C3CCC(=O)NC3=O)C4=O)CC2)ccc1[N+](=O)[O-]. The number of hydrogen-bond donors (Lipinski definition) is 3. The van der Waals surface area contributed by atoms with Gasteiger partial charge in [0.1, 0.15) is 18.3 Å². The van der Waals surface area contributed by atoms with Crippen LogP contribution in [0.3, 0.4) is 0 Å². The summed E-state index contributed by atoms with van der Waals surface area (Å²) in [5, 5.41) is 15.8. The van der Waals surface area contributed by atoms with Gasteiger partial charge in [-0.2, -0.15) is 0 Å². The average molecular weight is 580 g/mol. The fraction of sp³-hybridized carbons (Fsp3) is 0.370. The molecule has 5 amide bonds. The summed E-state index contributed by atoms with van der Waals surface area (Å²) in [6, 6.07) is 8.06. The predicted molar refractivity (Wildman–Crippen MR) is 149 cm³/mol. The van der Waals surface area contributed by atoms with Crippen LogP contribution in [0.1, 0.15) is 33.6 Å². The molecule has 42 heavy (non-hydrogen) atoms. The quantitative estimate of drug-likeness (QED) is 0.122. The Labute approximate surface area is 239 Å². The number of piperidine rings is 1. The van der Waals surface area contributed by atoms with Crippen LogP contribution in [0.15, 0.2) is 36.4 Å². The van der Waals surface area contributed by atoms with Gasteiger partial charge in [0.15, 0.2) is 0 Å². The molecule has 0 spiro atoms. The van der Waals surface area contributed by atoms with Crippen molar-refractivity contribution in [3.63, 3.8) is 0 Å². The largest absolute Gasteiger partial charge is 0.393 e. The van der Waals surface area contributed by atoms with Crippen molar-refractivity contribution in [2.24, 2.45) is 0 Å². The Kier molecular flexibility index (Phi) is 8.13. The first-order valence-corrected chi connectivity index (χ1v) is 13.4. The maximum absolute atomic E-state index is 13.2. The van der Waals surface area contributed by atoms with Crippen molar-refractivity contribution in [1.82, 2.24) is 15.1 Å². The van der Waals surface area contributed by atoms with Crippen molar-refractivity contribution in [1.29, 1.82) is 0 Å². The van der Waals surface area contributed by atoms with Crippen LogP contribution < -0.4 is 21.3 Å². The molecule has 15 heteroatoms. The van der Waals surface area contributed by atoms with Gasteiger partial charge in [-0.15, -0.1) is 0 Å². The fourth-order valence-corrected chi connectivity index (χ4v) is 5.30. The summed E-state index contributed by atoms with van der Waals surface area (Å²) in [6.07, 6.45) is 0.0434. The van der Waals surface area contributed by atoms with Crippen molar-refractivity contribution >= 4 is 52.3 Å². The summed E-state index contributed by atoms with van der Waals surface area (Å²) in [6.45, 7) is 3.43. The van der Waals surface area contributed by atoms with Crippen molar-refractivity contribution in [2.75, 3.05) is 61.9 Å². The van der Waals surface area contributed by atoms with E-state index in [1.165, 1.54) is 24.3 Å². The lowest BCUT2D eigenvalue weighted by molar-refractivity contribution is -0.383. The Bertz CT molecular complexity index is 1470. The van der Waals surface area contributed by atoms with E-state index in [0.717, 1.165) is 23.7 Å². The smallest absolute Gasteiger partial charge is 0.292 e. The number of carbonyl (C=O) groups excluding carboxylic acids is 5. The zero-order valence-electron chi connectivity index (χ0n) is 22.5. The summed E-state index contributed by atoms with van der Waals surface area (Å²) >= 11 is 0. The Morgan fingerprint density at radius 2 is 1.86 bits per heavy atom. The third-order valence-corrected chi connectivity index (χ3v) is 7.47. The van der Waals surface area contributed by atoms with E-state index in [1.54, 1.807) is 12.1 Å². The lowest BCUT2D eigenvalue weighted by Gasteiger charge is -2.36. The number of ether oxygens (including phenoxy) is 1. The first-order chi connectivity index (χ1) is 20.1. The third kappa shape index (κ3) is 5.77. The molecule has 3 heterocycles. The molecular weight excluding hydrogens is 550 g/mol. The second-order valence-corrected chi connectivity index (χ2v) is 10.1. The van der Waals surface area contributed by atoms with Gasteiger partial charge in [-0.1, -0.05) is 6.07 Å². The number of nitro benzene ring substituents is 1. The van der Waals surface area contributed by atoms with E-state index >= 15 is 0 Å². The molecule has 0 bridgehead atoms. The topological polar surface area (TPSA) is 198 Å². The summed E-state index contributed by atoms with van der Waals surface area (Å²) < 4.78 is 5.55. The van der Waals surface area contributed by atoms with E-state index in [2.05, 4.69) is 20.4 Å². The van der Waals surface area contributed by atoms with Gasteiger partial charge in [0.2, 0.25) is 17.7 Å². The number of nitrogens with zero attached hydrogens (tertiary/aromatic N) is 4. The molecule has 2 fully saturated rings. The highest BCUT2D eigenvalue weighted by molar-refractivity contribution is 6.26. The minimum Gasteiger partial charge on any atom is -0.393 e. The zero-order valence-corrected chi connectivity index (χ0v) is 22.5. The molecule has 3 aliphatic heterocycles. The van der Waals surface area contributed by atoms with Gasteiger partial charge in [-0.05, 0) is 30.7 Å². The van der Waals surface area contributed by atoms with Crippen LogP contribution >= 0.6 is 0 Å². The number of nitrogens with two attached hydrogens (primary N) is 1. The number of imide groups is 2. The average Bonchev–Trinajstić information content (AvgIpc) is 3.21. The van der Waals surface area contributed by atoms with Crippen molar-refractivity contribution in [2.45, 2.75) is 18.9 Å². The number of amides is 5. The maximum Gasteiger partial charge on any atom is 0.292 e. The van der Waals surface area contributed by atoms with Gasteiger partial charge in [0, 0.05) is 50.9 Å². The van der Waals surface area contributed by atoms with Crippen LogP contribution in [0.2, 0.25) is 0 Å². The molecule has 0 saturated carbocycles. The Hall–Kier alpha value is -4.89. The van der Waals surface area contributed by atoms with Gasteiger partial charge < -0.3 is 20.7 Å². The number of hydrogen-bond acceptors (Lipinski definition) is 11. The summed E-state index contributed by atoms with van der Waals surface area (Å²) in [4.78, 5) is 78.1. The highest BCUT2D eigenvalue weighted by Crippen LogP contribution is 2.32. The first-order valence-electron chi connectivity index (χ1n) is 13.4. The van der Waals surface area contributed by atoms with Gasteiger partial charge in [-0.3, -0.25) is 49.2 Å². The Balaban J connectivity index is 1.08. The molecule has 4 N–H and O–H groups in total. The van der Waals surface area contributed by atoms with E-state index in [0.29, 0.717) is 19.6 Å². The number of fused-ring (bicyclic) bond motifs is 1. The number of rotatable bonds is 9. The van der Waals surface area contributed by atoms with Crippen LogP contribution in [0, 0.1) is 10.1 Å². The number of piperazine rings is 1. The van der Waals surface area contributed by atoms with Crippen LogP contribution in [0.25, 0.3) is 0 Å². The van der Waals surface area contributed by atoms with E-state index in [4.69, 9.17) is 10.5 Å². The predicted octanol–water partition coefficient (Wildman–Crippen LogP) is 0.356. The number of carbonyl (C=O) groups is 5. The minimum absolute atomic E-state index is 0.00630. The van der Waals surface area contributed by atoms with E-state index in [1.807, 2.05) is 0 Å². The number of anilines is 3. The molecular formula is C27H29N7O8. The molecule has 0 aliphatic carbocycles. The van der Waals surface area contributed by atoms with Gasteiger partial charge >= 0.3 is 0 Å². The monoisotopic (exact) mass is 579 g/mol.